The Bertz CT molecular complexity index is 1080. The summed E-state index contributed by atoms with van der Waals surface area (Å²) < 4.78 is 27.4. The fourth-order valence-electron chi connectivity index (χ4n) is 4.25. The number of piperidine rings is 1. The number of nitrogens with zero attached hydrogens (tertiary/aromatic N) is 5. The van der Waals surface area contributed by atoms with E-state index in [4.69, 9.17) is 0 Å². The van der Waals surface area contributed by atoms with Crippen LogP contribution in [0.4, 0.5) is 11.6 Å². The van der Waals surface area contributed by atoms with Crippen molar-refractivity contribution in [3.63, 3.8) is 0 Å². The molecular formula is C22H28N6O4S. The summed E-state index contributed by atoms with van der Waals surface area (Å²) in [7, 11) is -3.64. The van der Waals surface area contributed by atoms with Crippen molar-refractivity contribution in [1.29, 1.82) is 0 Å². The first-order valence-corrected chi connectivity index (χ1v) is 12.5. The van der Waals surface area contributed by atoms with Gasteiger partial charge in [0.2, 0.25) is 27.8 Å². The third-order valence-electron chi connectivity index (χ3n) is 6.04. The highest BCUT2D eigenvalue weighted by atomic mass is 32.2. The van der Waals surface area contributed by atoms with E-state index in [9.17, 15) is 18.0 Å². The van der Waals surface area contributed by atoms with Gasteiger partial charge in [0.15, 0.2) is 0 Å². The van der Waals surface area contributed by atoms with E-state index in [2.05, 4.69) is 20.2 Å². The smallest absolute Gasteiger partial charge is 0.243 e. The number of carbonyl (C=O) groups is 2. The van der Waals surface area contributed by atoms with Gasteiger partial charge >= 0.3 is 0 Å². The molecule has 176 valence electrons. The summed E-state index contributed by atoms with van der Waals surface area (Å²) in [6.45, 7) is 4.59. The second kappa shape index (κ2) is 9.84. The fourth-order valence-corrected chi connectivity index (χ4v) is 5.71. The molecule has 11 heteroatoms. The number of hydrogen-bond acceptors (Lipinski definition) is 7. The predicted molar refractivity (Wildman–Crippen MR) is 123 cm³/mol. The molecule has 2 aliphatic rings. The lowest BCUT2D eigenvalue weighted by molar-refractivity contribution is -0.137. The van der Waals surface area contributed by atoms with Gasteiger partial charge in [-0.1, -0.05) is 0 Å². The van der Waals surface area contributed by atoms with Crippen molar-refractivity contribution in [3.8, 4) is 0 Å². The molecule has 0 unspecified atom stereocenters. The molecule has 0 atom stereocenters. The second-order valence-electron chi connectivity index (χ2n) is 8.25. The first-order chi connectivity index (χ1) is 15.8. The maximum atomic E-state index is 13.0. The summed E-state index contributed by atoms with van der Waals surface area (Å²) in [5, 5.41) is 2.62. The summed E-state index contributed by atoms with van der Waals surface area (Å²) in [6, 6.07) is 7.91. The van der Waals surface area contributed by atoms with Crippen molar-refractivity contribution in [2.24, 2.45) is 5.92 Å². The third-order valence-corrected chi connectivity index (χ3v) is 7.95. The van der Waals surface area contributed by atoms with Crippen molar-refractivity contribution in [1.82, 2.24) is 19.2 Å². The molecule has 2 amide bonds. The molecule has 4 rings (SSSR count). The first-order valence-electron chi connectivity index (χ1n) is 11.0. The zero-order chi connectivity index (χ0) is 23.4. The molecular weight excluding hydrogens is 444 g/mol. The number of benzene rings is 1. The van der Waals surface area contributed by atoms with Gasteiger partial charge in [0.05, 0.1) is 4.90 Å². The SMILES string of the molecule is CC(=O)Nc1ccc(S(=O)(=O)N2CCC(C(=O)N3CCN(c4ncccn4)CC3)CC2)cc1. The molecule has 0 radical (unpaired) electrons. The Morgan fingerprint density at radius 2 is 1.55 bits per heavy atom. The van der Waals surface area contributed by atoms with Crippen LogP contribution in [0.15, 0.2) is 47.6 Å². The Morgan fingerprint density at radius 1 is 0.939 bits per heavy atom. The number of piperazine rings is 1. The van der Waals surface area contributed by atoms with E-state index >= 15 is 0 Å². The molecule has 0 bridgehead atoms. The Morgan fingerprint density at radius 3 is 2.12 bits per heavy atom. The molecule has 1 aromatic carbocycles. The van der Waals surface area contributed by atoms with Crippen LogP contribution in [0.3, 0.4) is 0 Å². The third kappa shape index (κ3) is 5.31. The number of nitrogens with one attached hydrogen (secondary N) is 1. The van der Waals surface area contributed by atoms with Crippen molar-refractivity contribution in [2.45, 2.75) is 24.7 Å². The van der Waals surface area contributed by atoms with E-state index < -0.39 is 10.0 Å². The van der Waals surface area contributed by atoms with Gasteiger partial charge in [-0.25, -0.2) is 18.4 Å². The Kier molecular flexibility index (Phi) is 6.89. The van der Waals surface area contributed by atoms with Crippen molar-refractivity contribution < 1.29 is 18.0 Å². The van der Waals surface area contributed by atoms with Gasteiger partial charge in [-0.05, 0) is 43.2 Å². The Balaban J connectivity index is 1.30. The van der Waals surface area contributed by atoms with Crippen LogP contribution < -0.4 is 10.2 Å². The summed E-state index contributed by atoms with van der Waals surface area (Å²) >= 11 is 0. The van der Waals surface area contributed by atoms with E-state index in [1.54, 1.807) is 30.6 Å². The molecule has 2 fully saturated rings. The largest absolute Gasteiger partial charge is 0.339 e. The predicted octanol–water partition coefficient (Wildman–Crippen LogP) is 1.18. The lowest BCUT2D eigenvalue weighted by Crippen LogP contribution is -2.52. The normalized spacial score (nSPS) is 18.2. The van der Waals surface area contributed by atoms with Gasteiger partial charge in [0, 0.05) is 70.2 Å². The van der Waals surface area contributed by atoms with Crippen LogP contribution in [0.2, 0.25) is 0 Å². The second-order valence-corrected chi connectivity index (χ2v) is 10.2. The molecule has 2 saturated heterocycles. The molecule has 0 saturated carbocycles. The van der Waals surface area contributed by atoms with Crippen LogP contribution in [0.25, 0.3) is 0 Å². The summed E-state index contributed by atoms with van der Waals surface area (Å²) in [5.74, 6) is 0.388. The molecule has 3 heterocycles. The van der Waals surface area contributed by atoms with Crippen LogP contribution >= 0.6 is 0 Å². The van der Waals surface area contributed by atoms with Gasteiger partial charge in [0.25, 0.3) is 0 Å². The molecule has 2 aliphatic heterocycles. The van der Waals surface area contributed by atoms with Crippen molar-refractivity contribution in [3.05, 3.63) is 42.7 Å². The minimum Gasteiger partial charge on any atom is -0.339 e. The lowest BCUT2D eigenvalue weighted by atomic mass is 9.96. The number of anilines is 2. The monoisotopic (exact) mass is 472 g/mol. The molecule has 1 N–H and O–H groups in total. The van der Waals surface area contributed by atoms with Gasteiger partial charge in [-0.3, -0.25) is 9.59 Å². The quantitative estimate of drug-likeness (QED) is 0.695. The van der Waals surface area contributed by atoms with Crippen LogP contribution in [0.1, 0.15) is 19.8 Å². The highest BCUT2D eigenvalue weighted by Gasteiger charge is 2.34. The van der Waals surface area contributed by atoms with Crippen LogP contribution in [-0.2, 0) is 19.6 Å². The highest BCUT2D eigenvalue weighted by Crippen LogP contribution is 2.26. The van der Waals surface area contributed by atoms with Crippen molar-refractivity contribution in [2.75, 3.05) is 49.5 Å². The average Bonchev–Trinajstić information content (AvgIpc) is 2.84. The molecule has 0 aliphatic carbocycles. The van der Waals surface area contributed by atoms with Gasteiger partial charge < -0.3 is 15.1 Å². The molecule has 2 aromatic rings. The van der Waals surface area contributed by atoms with E-state index in [-0.39, 0.29) is 22.6 Å². The summed E-state index contributed by atoms with van der Waals surface area (Å²) in [6.07, 6.45) is 4.42. The van der Waals surface area contributed by atoms with Crippen LogP contribution in [-0.4, -0.2) is 78.7 Å². The van der Waals surface area contributed by atoms with Gasteiger partial charge in [0.1, 0.15) is 0 Å². The van der Waals surface area contributed by atoms with E-state index in [1.807, 2.05) is 4.90 Å². The Hall–Kier alpha value is -3.05. The van der Waals surface area contributed by atoms with Gasteiger partial charge in [-0.15, -0.1) is 0 Å². The standard InChI is InChI=1S/C22H28N6O4S/c1-17(29)25-19-3-5-20(6-4-19)33(31,32)28-11-7-18(8-12-28)21(30)26-13-15-27(16-14-26)22-23-9-2-10-24-22/h2-6,9-10,18H,7-8,11-16H2,1H3,(H,25,29). The summed E-state index contributed by atoms with van der Waals surface area (Å²) in [4.78, 5) is 36.8. The number of hydrogen-bond donors (Lipinski definition) is 1. The molecule has 0 spiro atoms. The number of amides is 2. The number of carbonyl (C=O) groups excluding carboxylic acids is 2. The zero-order valence-corrected chi connectivity index (χ0v) is 19.4. The van der Waals surface area contributed by atoms with E-state index in [0.29, 0.717) is 63.7 Å². The minimum atomic E-state index is -3.64. The highest BCUT2D eigenvalue weighted by molar-refractivity contribution is 7.89. The van der Waals surface area contributed by atoms with E-state index in [0.717, 1.165) is 0 Å². The number of sulfonamides is 1. The van der Waals surface area contributed by atoms with Crippen molar-refractivity contribution >= 4 is 33.5 Å². The minimum absolute atomic E-state index is 0.0975. The first kappa shape index (κ1) is 23.1. The topological polar surface area (TPSA) is 116 Å². The molecule has 33 heavy (non-hydrogen) atoms. The van der Waals surface area contributed by atoms with Crippen LogP contribution in [0.5, 0.6) is 0 Å². The van der Waals surface area contributed by atoms with Gasteiger partial charge in [-0.2, -0.15) is 4.31 Å². The summed E-state index contributed by atoms with van der Waals surface area (Å²) in [5.41, 5.74) is 0.546. The van der Waals surface area contributed by atoms with E-state index in [1.165, 1.54) is 23.4 Å². The molecule has 10 nitrogen and oxygen atoms in total. The number of aromatic nitrogens is 2. The molecule has 1 aromatic heterocycles. The van der Waals surface area contributed by atoms with Crippen LogP contribution in [0, 0.1) is 5.92 Å². The average molecular weight is 473 g/mol. The Labute approximate surface area is 193 Å². The number of rotatable bonds is 5. The maximum absolute atomic E-state index is 13.0. The lowest BCUT2D eigenvalue weighted by Gasteiger charge is -2.38. The zero-order valence-electron chi connectivity index (χ0n) is 18.6. The maximum Gasteiger partial charge on any atom is 0.243 e. The fraction of sp³-hybridized carbons (Fsp3) is 0.455.